The summed E-state index contributed by atoms with van der Waals surface area (Å²) in [5, 5.41) is 9.72. The summed E-state index contributed by atoms with van der Waals surface area (Å²) in [6.07, 6.45) is -2.87. The molecular weight excluding hydrogens is 283 g/mol. The molecule has 0 aromatic heterocycles. The largest absolute Gasteiger partial charge is 0.414 e. The van der Waals surface area contributed by atoms with Crippen LogP contribution in [0.25, 0.3) is 0 Å². The molecule has 2 aliphatic heterocycles. The highest BCUT2D eigenvalue weighted by atomic mass is 19.4. The Bertz CT molecular complexity index is 426. The van der Waals surface area contributed by atoms with E-state index < -0.39 is 18.2 Å². The predicted octanol–water partition coefficient (Wildman–Crippen LogP) is 2.73. The highest BCUT2D eigenvalue weighted by Gasteiger charge is 2.54. The molecule has 0 bridgehead atoms. The van der Waals surface area contributed by atoms with Crippen LogP contribution in [-0.4, -0.2) is 40.3 Å². The van der Waals surface area contributed by atoms with Crippen molar-refractivity contribution in [2.45, 2.75) is 69.8 Å². The molecule has 2 heterocycles. The van der Waals surface area contributed by atoms with Gasteiger partial charge in [0, 0.05) is 18.5 Å². The van der Waals surface area contributed by atoms with Crippen molar-refractivity contribution in [3.8, 4) is 0 Å². The van der Waals surface area contributed by atoms with E-state index in [1.54, 1.807) is 0 Å². The van der Waals surface area contributed by atoms with E-state index in [-0.39, 0.29) is 29.8 Å². The second-order valence-corrected chi connectivity index (χ2v) is 6.88. The molecule has 6 unspecified atom stereocenters. The lowest BCUT2D eigenvalue weighted by molar-refractivity contribution is -0.234. The summed E-state index contributed by atoms with van der Waals surface area (Å²) in [6.45, 7) is 1.97. The predicted molar refractivity (Wildman–Crippen MR) is 70.3 cm³/mol. The summed E-state index contributed by atoms with van der Waals surface area (Å²) in [7, 11) is 0. The number of aliphatic hydroxyl groups excluding tert-OH is 1. The Kier molecular flexibility index (Phi) is 3.71. The van der Waals surface area contributed by atoms with Crippen LogP contribution in [0.5, 0.6) is 0 Å². The molecule has 0 radical (unpaired) electrons. The lowest BCUT2D eigenvalue weighted by Crippen LogP contribution is -2.56. The van der Waals surface area contributed by atoms with E-state index >= 15 is 0 Å². The van der Waals surface area contributed by atoms with Crippen molar-refractivity contribution >= 4 is 5.91 Å². The van der Waals surface area contributed by atoms with Crippen molar-refractivity contribution < 1.29 is 23.1 Å². The molecule has 6 atom stereocenters. The summed E-state index contributed by atoms with van der Waals surface area (Å²) in [6, 6.07) is 0.0850. The minimum atomic E-state index is -4.54. The average Bonchev–Trinajstić information content (AvgIpc) is 2.78. The maximum atomic E-state index is 12.9. The van der Waals surface area contributed by atoms with Gasteiger partial charge in [-0.05, 0) is 50.4 Å². The summed E-state index contributed by atoms with van der Waals surface area (Å²) < 4.78 is 38.7. The van der Waals surface area contributed by atoms with Crippen molar-refractivity contribution in [1.29, 1.82) is 0 Å². The monoisotopic (exact) mass is 305 g/mol. The summed E-state index contributed by atoms with van der Waals surface area (Å²) in [5.41, 5.74) is 0. The number of rotatable bonds is 1. The molecule has 1 amide bonds. The van der Waals surface area contributed by atoms with E-state index in [0.29, 0.717) is 25.7 Å². The number of hydrogen-bond acceptors (Lipinski definition) is 2. The first-order valence-electron chi connectivity index (χ1n) is 7.86. The van der Waals surface area contributed by atoms with Crippen LogP contribution in [-0.2, 0) is 4.79 Å². The Balaban J connectivity index is 1.83. The summed E-state index contributed by atoms with van der Waals surface area (Å²) >= 11 is 0. The number of amides is 1. The maximum absolute atomic E-state index is 12.9. The highest BCUT2D eigenvalue weighted by Crippen LogP contribution is 2.50. The van der Waals surface area contributed by atoms with Crippen molar-refractivity contribution in [2.24, 2.45) is 17.8 Å². The molecule has 0 aromatic carbocycles. The first-order chi connectivity index (χ1) is 9.80. The van der Waals surface area contributed by atoms with Crippen LogP contribution < -0.4 is 0 Å². The first kappa shape index (κ1) is 15.1. The average molecular weight is 305 g/mol. The van der Waals surface area contributed by atoms with Crippen LogP contribution >= 0.6 is 0 Å². The zero-order chi connectivity index (χ0) is 15.4. The van der Waals surface area contributed by atoms with Crippen LogP contribution in [0.15, 0.2) is 0 Å². The topological polar surface area (TPSA) is 40.5 Å². The van der Waals surface area contributed by atoms with Gasteiger partial charge in [-0.15, -0.1) is 0 Å². The number of nitrogens with zero attached hydrogens (tertiary/aromatic N) is 1. The maximum Gasteiger partial charge on any atom is 0.414 e. The normalized spacial score (nSPS) is 41.7. The Labute approximate surface area is 122 Å². The lowest BCUT2D eigenvalue weighted by Gasteiger charge is -2.52. The Hall–Kier alpha value is -0.780. The smallest absolute Gasteiger partial charge is 0.383 e. The Morgan fingerprint density at radius 2 is 1.95 bits per heavy atom. The third-order valence-corrected chi connectivity index (χ3v) is 5.89. The van der Waals surface area contributed by atoms with E-state index in [1.807, 2.05) is 11.8 Å². The third kappa shape index (κ3) is 2.45. The van der Waals surface area contributed by atoms with E-state index in [4.69, 9.17) is 0 Å². The number of carbonyl (C=O) groups is 1. The molecule has 120 valence electrons. The zero-order valence-electron chi connectivity index (χ0n) is 12.1. The molecule has 21 heavy (non-hydrogen) atoms. The molecule has 3 fully saturated rings. The van der Waals surface area contributed by atoms with Gasteiger partial charge in [-0.3, -0.25) is 4.79 Å². The quantitative estimate of drug-likeness (QED) is 0.809. The second-order valence-electron chi connectivity index (χ2n) is 6.88. The van der Waals surface area contributed by atoms with Gasteiger partial charge in [0.2, 0.25) is 5.91 Å². The van der Waals surface area contributed by atoms with Gasteiger partial charge in [0.25, 0.3) is 0 Å². The van der Waals surface area contributed by atoms with Crippen molar-refractivity contribution in [2.75, 3.05) is 0 Å². The Morgan fingerprint density at radius 3 is 2.62 bits per heavy atom. The molecule has 0 spiro atoms. The highest BCUT2D eigenvalue weighted by molar-refractivity contribution is 5.79. The van der Waals surface area contributed by atoms with Crippen LogP contribution in [0.4, 0.5) is 13.2 Å². The number of alkyl halides is 3. The van der Waals surface area contributed by atoms with Crippen molar-refractivity contribution in [3.63, 3.8) is 0 Å². The lowest BCUT2D eigenvalue weighted by atomic mass is 9.63. The number of piperidine rings is 1. The fourth-order valence-electron chi connectivity index (χ4n) is 4.99. The number of hydrogen-bond donors (Lipinski definition) is 1. The molecule has 6 heteroatoms. The Morgan fingerprint density at radius 1 is 1.24 bits per heavy atom. The molecular formula is C15H22F3NO2. The zero-order valence-corrected chi connectivity index (χ0v) is 12.1. The molecule has 3 aliphatic rings. The minimum Gasteiger partial charge on any atom is -0.383 e. The second kappa shape index (κ2) is 5.14. The molecule has 1 N–H and O–H groups in total. The van der Waals surface area contributed by atoms with Crippen LogP contribution in [0, 0.1) is 17.8 Å². The number of halogens is 3. The van der Waals surface area contributed by atoms with E-state index in [1.165, 1.54) is 0 Å². The molecule has 3 rings (SSSR count). The third-order valence-electron chi connectivity index (χ3n) is 5.89. The van der Waals surface area contributed by atoms with Gasteiger partial charge in [-0.2, -0.15) is 13.2 Å². The summed E-state index contributed by atoms with van der Waals surface area (Å²) in [4.78, 5) is 13.9. The number of aliphatic hydroxyl groups is 1. The molecule has 0 aromatic rings. The molecule has 2 saturated heterocycles. The van der Waals surface area contributed by atoms with E-state index in [9.17, 15) is 23.1 Å². The SMILES string of the molecule is CC1C2CCCC(C(O)C(F)(F)F)C2CC2CCC(=O)N21. The van der Waals surface area contributed by atoms with Gasteiger partial charge in [0.1, 0.15) is 0 Å². The summed E-state index contributed by atoms with van der Waals surface area (Å²) in [5.74, 6) is -0.579. The minimum absolute atomic E-state index is 0.00647. The van der Waals surface area contributed by atoms with Crippen LogP contribution in [0.3, 0.4) is 0 Å². The van der Waals surface area contributed by atoms with E-state index in [2.05, 4.69) is 0 Å². The fourth-order valence-corrected chi connectivity index (χ4v) is 4.99. The van der Waals surface area contributed by atoms with Crippen LogP contribution in [0.1, 0.15) is 45.4 Å². The fraction of sp³-hybridized carbons (Fsp3) is 0.933. The van der Waals surface area contributed by atoms with Crippen molar-refractivity contribution in [3.05, 3.63) is 0 Å². The van der Waals surface area contributed by atoms with Gasteiger partial charge in [-0.1, -0.05) is 6.42 Å². The van der Waals surface area contributed by atoms with Gasteiger partial charge in [0.05, 0.1) is 0 Å². The van der Waals surface area contributed by atoms with Crippen LogP contribution in [0.2, 0.25) is 0 Å². The van der Waals surface area contributed by atoms with E-state index in [0.717, 1.165) is 12.8 Å². The first-order valence-corrected chi connectivity index (χ1v) is 7.86. The van der Waals surface area contributed by atoms with Gasteiger partial charge >= 0.3 is 6.18 Å². The van der Waals surface area contributed by atoms with Gasteiger partial charge in [0.15, 0.2) is 6.10 Å². The van der Waals surface area contributed by atoms with Gasteiger partial charge in [-0.25, -0.2) is 0 Å². The van der Waals surface area contributed by atoms with Crippen molar-refractivity contribution in [1.82, 2.24) is 4.90 Å². The molecule has 1 aliphatic carbocycles. The van der Waals surface area contributed by atoms with Gasteiger partial charge < -0.3 is 10.0 Å². The molecule has 1 saturated carbocycles. The number of carbonyl (C=O) groups excluding carboxylic acids is 1. The molecule has 3 nitrogen and oxygen atoms in total. The standard InChI is InChI=1S/C15H22F3NO2/c1-8-10-3-2-4-11(14(21)15(16,17)18)12(10)7-9-5-6-13(20)19(8)9/h8-12,14,21H,2-7H2,1H3. The number of fused-ring (bicyclic) bond motifs is 2.